The van der Waals surface area contributed by atoms with Crippen LogP contribution in [0.4, 0.5) is 5.69 Å². The average molecular weight is 486 g/mol. The van der Waals surface area contributed by atoms with Crippen molar-refractivity contribution < 1.29 is 9.53 Å². The molecule has 2 aromatic heterocycles. The fourth-order valence-electron chi connectivity index (χ4n) is 3.37. The van der Waals surface area contributed by atoms with Gasteiger partial charge in [0, 0.05) is 5.69 Å². The first-order valence-electron chi connectivity index (χ1n) is 9.71. The number of carbonyl (C=O) groups excluding carboxylic acids is 1. The van der Waals surface area contributed by atoms with E-state index in [1.807, 2.05) is 43.5 Å². The maximum Gasteiger partial charge on any atom is 0.276 e. The Morgan fingerprint density at radius 3 is 2.62 bits per heavy atom. The smallest absolute Gasteiger partial charge is 0.276 e. The van der Waals surface area contributed by atoms with Crippen LogP contribution in [0.1, 0.15) is 11.1 Å². The van der Waals surface area contributed by atoms with Crippen LogP contribution in [0.2, 0.25) is 5.02 Å². The van der Waals surface area contributed by atoms with Gasteiger partial charge in [-0.15, -0.1) is 11.3 Å². The minimum absolute atomic E-state index is 0.0799. The summed E-state index contributed by atoms with van der Waals surface area (Å²) < 4.78 is 7.31. The van der Waals surface area contributed by atoms with Crippen LogP contribution in [-0.2, 0) is 4.79 Å². The van der Waals surface area contributed by atoms with Gasteiger partial charge in [0.15, 0.2) is 5.16 Å². The SMILES string of the molecule is COc1ccc(NC(=O)CSc2nc3ccsc3c(=O)n2-c2cc(C)cc(C)c2)cc1Cl. The first kappa shape index (κ1) is 22.4. The molecule has 6 nitrogen and oxygen atoms in total. The molecule has 0 atom stereocenters. The molecule has 0 spiro atoms. The lowest BCUT2D eigenvalue weighted by Crippen LogP contribution is -2.22. The van der Waals surface area contributed by atoms with Crippen molar-refractivity contribution in [2.45, 2.75) is 19.0 Å². The van der Waals surface area contributed by atoms with Crippen LogP contribution in [0.15, 0.2) is 57.8 Å². The van der Waals surface area contributed by atoms with Crippen molar-refractivity contribution in [3.8, 4) is 11.4 Å². The summed E-state index contributed by atoms with van der Waals surface area (Å²) in [5, 5.41) is 5.54. The van der Waals surface area contributed by atoms with Crippen LogP contribution in [0.5, 0.6) is 5.75 Å². The van der Waals surface area contributed by atoms with E-state index in [9.17, 15) is 9.59 Å². The number of thiophene rings is 1. The lowest BCUT2D eigenvalue weighted by molar-refractivity contribution is -0.113. The van der Waals surface area contributed by atoms with Crippen LogP contribution in [0.3, 0.4) is 0 Å². The number of aryl methyl sites for hydroxylation is 2. The number of nitrogens with one attached hydrogen (secondary N) is 1. The van der Waals surface area contributed by atoms with Crippen LogP contribution >= 0.6 is 34.7 Å². The molecule has 0 unspecified atom stereocenters. The highest BCUT2D eigenvalue weighted by Crippen LogP contribution is 2.28. The number of anilines is 1. The first-order chi connectivity index (χ1) is 15.4. The van der Waals surface area contributed by atoms with E-state index in [1.165, 1.54) is 30.2 Å². The van der Waals surface area contributed by atoms with E-state index in [0.717, 1.165) is 16.8 Å². The van der Waals surface area contributed by atoms with Gasteiger partial charge in [0.05, 0.1) is 29.1 Å². The predicted molar refractivity (Wildman–Crippen MR) is 132 cm³/mol. The summed E-state index contributed by atoms with van der Waals surface area (Å²) in [5.74, 6) is 0.379. The number of benzene rings is 2. The second-order valence-electron chi connectivity index (χ2n) is 7.20. The fraction of sp³-hybridized carbons (Fsp3) is 0.174. The molecular formula is C23H20ClN3O3S2. The molecule has 0 aliphatic rings. The molecule has 1 N–H and O–H groups in total. The van der Waals surface area contributed by atoms with Gasteiger partial charge in [0.25, 0.3) is 5.56 Å². The molecule has 0 aliphatic heterocycles. The molecule has 0 saturated carbocycles. The van der Waals surface area contributed by atoms with Crippen molar-refractivity contribution in [3.63, 3.8) is 0 Å². The summed E-state index contributed by atoms with van der Waals surface area (Å²) in [6.45, 7) is 3.97. The zero-order valence-electron chi connectivity index (χ0n) is 17.6. The van der Waals surface area contributed by atoms with Gasteiger partial charge in [-0.1, -0.05) is 29.4 Å². The summed E-state index contributed by atoms with van der Waals surface area (Å²) in [6.07, 6.45) is 0. The van der Waals surface area contributed by atoms with Crippen molar-refractivity contribution in [2.75, 3.05) is 18.2 Å². The molecule has 32 heavy (non-hydrogen) atoms. The molecule has 0 bridgehead atoms. The van der Waals surface area contributed by atoms with Crippen LogP contribution in [0.25, 0.3) is 15.9 Å². The monoisotopic (exact) mass is 485 g/mol. The minimum atomic E-state index is -0.233. The van der Waals surface area contributed by atoms with E-state index in [4.69, 9.17) is 16.3 Å². The molecule has 4 rings (SSSR count). The number of carbonyl (C=O) groups is 1. The molecule has 4 aromatic rings. The van der Waals surface area contributed by atoms with E-state index < -0.39 is 0 Å². The second-order valence-corrected chi connectivity index (χ2v) is 9.47. The van der Waals surface area contributed by atoms with Crippen LogP contribution < -0.4 is 15.6 Å². The van der Waals surface area contributed by atoms with Crippen molar-refractivity contribution in [1.29, 1.82) is 0 Å². The highest BCUT2D eigenvalue weighted by molar-refractivity contribution is 7.99. The average Bonchev–Trinajstić information content (AvgIpc) is 3.21. The third-order valence-corrected chi connectivity index (χ3v) is 6.81. The van der Waals surface area contributed by atoms with E-state index in [2.05, 4.69) is 10.3 Å². The summed E-state index contributed by atoms with van der Waals surface area (Å²) in [5.41, 5.74) is 3.88. The number of hydrogen-bond donors (Lipinski definition) is 1. The van der Waals surface area contributed by atoms with Gasteiger partial charge < -0.3 is 10.1 Å². The van der Waals surface area contributed by atoms with E-state index >= 15 is 0 Å². The molecule has 2 heterocycles. The Bertz CT molecular complexity index is 1360. The standard InChI is InChI=1S/C23H20ClN3O3S2/c1-13-8-14(2)10-16(9-13)27-22(29)21-18(6-7-31-21)26-23(27)32-12-20(28)25-15-4-5-19(30-3)17(24)11-15/h4-11H,12H2,1-3H3,(H,25,28). The second kappa shape index (κ2) is 9.36. The highest BCUT2D eigenvalue weighted by atomic mass is 35.5. The van der Waals surface area contributed by atoms with E-state index in [-0.39, 0.29) is 17.2 Å². The number of halogens is 1. The Labute approximate surface area is 198 Å². The van der Waals surface area contributed by atoms with Crippen molar-refractivity contribution in [3.05, 3.63) is 74.3 Å². The lowest BCUT2D eigenvalue weighted by Gasteiger charge is -2.13. The normalized spacial score (nSPS) is 11.0. The molecule has 164 valence electrons. The summed E-state index contributed by atoms with van der Waals surface area (Å²) in [7, 11) is 1.53. The number of rotatable bonds is 6. The first-order valence-corrected chi connectivity index (χ1v) is 11.9. The van der Waals surface area contributed by atoms with Gasteiger partial charge >= 0.3 is 0 Å². The number of amides is 1. The minimum Gasteiger partial charge on any atom is -0.495 e. The largest absolute Gasteiger partial charge is 0.495 e. The Balaban J connectivity index is 1.63. The molecule has 0 fully saturated rings. The van der Waals surface area contributed by atoms with Crippen LogP contribution in [0, 0.1) is 13.8 Å². The Kier molecular flexibility index (Phi) is 6.55. The highest BCUT2D eigenvalue weighted by Gasteiger charge is 2.16. The van der Waals surface area contributed by atoms with Gasteiger partial charge in [-0.05, 0) is 66.8 Å². The number of nitrogens with zero attached hydrogens (tertiary/aromatic N) is 2. The van der Waals surface area contributed by atoms with Gasteiger partial charge in [-0.3, -0.25) is 14.2 Å². The van der Waals surface area contributed by atoms with Crippen molar-refractivity contribution in [1.82, 2.24) is 9.55 Å². The maximum atomic E-state index is 13.3. The Morgan fingerprint density at radius 1 is 1.19 bits per heavy atom. The molecule has 0 aliphatic carbocycles. The summed E-state index contributed by atoms with van der Waals surface area (Å²) >= 11 is 8.71. The molecule has 0 saturated heterocycles. The fourth-order valence-corrected chi connectivity index (χ4v) is 5.20. The number of ether oxygens (including phenoxy) is 1. The molecule has 9 heteroatoms. The zero-order valence-corrected chi connectivity index (χ0v) is 20.0. The molecule has 1 amide bonds. The van der Waals surface area contributed by atoms with E-state index in [1.54, 1.807) is 22.8 Å². The summed E-state index contributed by atoms with van der Waals surface area (Å²) in [4.78, 5) is 30.5. The van der Waals surface area contributed by atoms with Crippen LogP contribution in [-0.4, -0.2) is 28.3 Å². The topological polar surface area (TPSA) is 73.2 Å². The Morgan fingerprint density at radius 2 is 1.94 bits per heavy atom. The van der Waals surface area contributed by atoms with E-state index in [0.29, 0.717) is 31.8 Å². The number of methoxy groups -OCH3 is 1. The lowest BCUT2D eigenvalue weighted by atomic mass is 10.1. The van der Waals surface area contributed by atoms with Gasteiger partial charge in [0.2, 0.25) is 5.91 Å². The number of fused-ring (bicyclic) bond motifs is 1. The van der Waals surface area contributed by atoms with Gasteiger partial charge in [0.1, 0.15) is 10.4 Å². The Hall–Kier alpha value is -2.81. The third kappa shape index (κ3) is 4.67. The molecular weight excluding hydrogens is 466 g/mol. The van der Waals surface area contributed by atoms with Gasteiger partial charge in [-0.2, -0.15) is 0 Å². The quantitative estimate of drug-likeness (QED) is 0.290. The zero-order chi connectivity index (χ0) is 22.8. The molecule has 0 radical (unpaired) electrons. The number of thioether (sulfide) groups is 1. The van der Waals surface area contributed by atoms with Crippen molar-refractivity contribution >= 4 is 56.5 Å². The third-order valence-electron chi connectivity index (χ3n) is 4.68. The molecule has 2 aromatic carbocycles. The summed E-state index contributed by atoms with van der Waals surface area (Å²) in [6, 6.07) is 12.8. The van der Waals surface area contributed by atoms with Crippen molar-refractivity contribution in [2.24, 2.45) is 0 Å². The number of aromatic nitrogens is 2. The predicted octanol–water partition coefficient (Wildman–Crippen LogP) is 5.46. The maximum absolute atomic E-state index is 13.3. The number of hydrogen-bond acceptors (Lipinski definition) is 6. The van der Waals surface area contributed by atoms with Gasteiger partial charge in [-0.25, -0.2) is 4.98 Å².